The third-order valence-electron chi connectivity index (χ3n) is 4.19. The van der Waals surface area contributed by atoms with Gasteiger partial charge in [0.25, 0.3) is 5.91 Å². The SMILES string of the molecule is O=C(Nc1ccc2c(Cl)cccc2n1)c1cc(C2CCC2)on1. The summed E-state index contributed by atoms with van der Waals surface area (Å²) in [4.78, 5) is 16.7. The van der Waals surface area contributed by atoms with Gasteiger partial charge >= 0.3 is 0 Å². The number of amides is 1. The number of hydrogen-bond acceptors (Lipinski definition) is 4. The molecule has 1 fully saturated rings. The van der Waals surface area contributed by atoms with Crippen LogP contribution < -0.4 is 5.32 Å². The Labute approximate surface area is 137 Å². The van der Waals surface area contributed by atoms with E-state index in [1.54, 1.807) is 18.2 Å². The maximum atomic E-state index is 12.3. The van der Waals surface area contributed by atoms with Crippen LogP contribution in [0.5, 0.6) is 0 Å². The van der Waals surface area contributed by atoms with Crippen molar-refractivity contribution in [3.8, 4) is 0 Å². The van der Waals surface area contributed by atoms with Crippen molar-refractivity contribution in [3.05, 3.63) is 52.9 Å². The van der Waals surface area contributed by atoms with E-state index in [9.17, 15) is 4.79 Å². The van der Waals surface area contributed by atoms with Gasteiger partial charge in [0.05, 0.1) is 5.52 Å². The summed E-state index contributed by atoms with van der Waals surface area (Å²) >= 11 is 6.11. The van der Waals surface area contributed by atoms with Crippen LogP contribution in [-0.4, -0.2) is 16.0 Å². The Bertz CT molecular complexity index is 886. The molecule has 0 aliphatic heterocycles. The molecule has 1 N–H and O–H groups in total. The van der Waals surface area contributed by atoms with Crippen LogP contribution in [0, 0.1) is 0 Å². The highest BCUT2D eigenvalue weighted by molar-refractivity contribution is 6.35. The lowest BCUT2D eigenvalue weighted by atomic mass is 9.83. The number of fused-ring (bicyclic) bond motifs is 1. The molecule has 5 nitrogen and oxygen atoms in total. The summed E-state index contributed by atoms with van der Waals surface area (Å²) in [5.41, 5.74) is 1.01. The Morgan fingerprint density at radius 2 is 2.13 bits per heavy atom. The lowest BCUT2D eigenvalue weighted by Crippen LogP contribution is -2.13. The van der Waals surface area contributed by atoms with Gasteiger partial charge in [-0.05, 0) is 37.1 Å². The van der Waals surface area contributed by atoms with Crippen molar-refractivity contribution in [2.45, 2.75) is 25.2 Å². The van der Waals surface area contributed by atoms with Crippen LogP contribution in [0.3, 0.4) is 0 Å². The minimum atomic E-state index is -0.326. The maximum Gasteiger partial charge on any atom is 0.279 e. The number of pyridine rings is 1. The van der Waals surface area contributed by atoms with Crippen molar-refractivity contribution >= 4 is 34.2 Å². The fourth-order valence-corrected chi connectivity index (χ4v) is 2.88. The van der Waals surface area contributed by atoms with Crippen molar-refractivity contribution in [1.29, 1.82) is 0 Å². The molecule has 4 rings (SSSR count). The number of carbonyl (C=O) groups excluding carboxylic acids is 1. The van der Waals surface area contributed by atoms with E-state index in [0.29, 0.717) is 16.8 Å². The second-order valence-corrected chi connectivity index (χ2v) is 6.11. The largest absolute Gasteiger partial charge is 0.360 e. The number of halogens is 1. The summed E-state index contributed by atoms with van der Waals surface area (Å²) in [5, 5.41) is 8.08. The van der Waals surface area contributed by atoms with Crippen molar-refractivity contribution in [2.75, 3.05) is 5.32 Å². The molecule has 2 heterocycles. The zero-order chi connectivity index (χ0) is 15.8. The van der Waals surface area contributed by atoms with Crippen molar-refractivity contribution in [3.63, 3.8) is 0 Å². The topological polar surface area (TPSA) is 68.0 Å². The molecule has 116 valence electrons. The van der Waals surface area contributed by atoms with E-state index in [2.05, 4.69) is 15.5 Å². The van der Waals surface area contributed by atoms with Gasteiger partial charge in [-0.15, -0.1) is 0 Å². The summed E-state index contributed by atoms with van der Waals surface area (Å²) in [5.74, 6) is 1.33. The maximum absolute atomic E-state index is 12.3. The predicted octanol–water partition coefficient (Wildman–Crippen LogP) is 4.40. The van der Waals surface area contributed by atoms with E-state index in [-0.39, 0.29) is 11.6 Å². The molecule has 0 radical (unpaired) electrons. The Hall–Kier alpha value is -2.40. The molecule has 1 saturated carbocycles. The molecule has 1 aliphatic carbocycles. The summed E-state index contributed by atoms with van der Waals surface area (Å²) < 4.78 is 5.26. The van der Waals surface area contributed by atoms with Crippen LogP contribution in [-0.2, 0) is 0 Å². The van der Waals surface area contributed by atoms with Crippen molar-refractivity contribution in [1.82, 2.24) is 10.1 Å². The molecular formula is C17H14ClN3O2. The van der Waals surface area contributed by atoms with E-state index in [1.165, 1.54) is 6.42 Å². The molecular weight excluding hydrogens is 314 g/mol. The van der Waals surface area contributed by atoms with Crippen LogP contribution in [0.1, 0.15) is 41.4 Å². The molecule has 0 unspecified atom stereocenters. The van der Waals surface area contributed by atoms with Gasteiger partial charge in [-0.1, -0.05) is 29.2 Å². The highest BCUT2D eigenvalue weighted by Crippen LogP contribution is 2.36. The summed E-state index contributed by atoms with van der Waals surface area (Å²) in [6.45, 7) is 0. The van der Waals surface area contributed by atoms with Gasteiger partial charge in [0.2, 0.25) is 0 Å². The zero-order valence-electron chi connectivity index (χ0n) is 12.3. The first-order valence-corrected chi connectivity index (χ1v) is 7.92. The summed E-state index contributed by atoms with van der Waals surface area (Å²) in [7, 11) is 0. The first kappa shape index (κ1) is 14.2. The van der Waals surface area contributed by atoms with E-state index in [4.69, 9.17) is 16.1 Å². The highest BCUT2D eigenvalue weighted by atomic mass is 35.5. The van der Waals surface area contributed by atoms with Gasteiger partial charge in [0.15, 0.2) is 5.69 Å². The summed E-state index contributed by atoms with van der Waals surface area (Å²) in [6, 6.07) is 10.8. The van der Waals surface area contributed by atoms with Gasteiger partial charge in [-0.3, -0.25) is 4.79 Å². The fraction of sp³-hybridized carbons (Fsp3) is 0.235. The fourth-order valence-electron chi connectivity index (χ4n) is 2.65. The number of anilines is 1. The summed E-state index contributed by atoms with van der Waals surface area (Å²) in [6.07, 6.45) is 3.41. The van der Waals surface area contributed by atoms with Gasteiger partial charge in [0, 0.05) is 22.4 Å². The molecule has 2 aromatic heterocycles. The second-order valence-electron chi connectivity index (χ2n) is 5.70. The normalized spacial score (nSPS) is 14.7. The Morgan fingerprint density at radius 1 is 1.26 bits per heavy atom. The molecule has 0 atom stereocenters. The minimum absolute atomic E-state index is 0.278. The number of aromatic nitrogens is 2. The quantitative estimate of drug-likeness (QED) is 0.774. The van der Waals surface area contributed by atoms with Crippen LogP contribution in [0.2, 0.25) is 5.02 Å². The van der Waals surface area contributed by atoms with Gasteiger partial charge in [-0.2, -0.15) is 0 Å². The first-order chi connectivity index (χ1) is 11.2. The molecule has 0 saturated heterocycles. The van der Waals surface area contributed by atoms with Crippen LogP contribution >= 0.6 is 11.6 Å². The van der Waals surface area contributed by atoms with E-state index in [0.717, 1.165) is 29.5 Å². The smallest absolute Gasteiger partial charge is 0.279 e. The molecule has 3 aromatic rings. The monoisotopic (exact) mass is 327 g/mol. The second kappa shape index (κ2) is 5.66. The molecule has 6 heteroatoms. The van der Waals surface area contributed by atoms with E-state index in [1.807, 2.05) is 18.2 Å². The third-order valence-corrected chi connectivity index (χ3v) is 4.52. The first-order valence-electron chi connectivity index (χ1n) is 7.54. The Kier molecular flexibility index (Phi) is 3.50. The highest BCUT2D eigenvalue weighted by Gasteiger charge is 2.25. The molecule has 1 aromatic carbocycles. The van der Waals surface area contributed by atoms with Crippen LogP contribution in [0.4, 0.5) is 5.82 Å². The Morgan fingerprint density at radius 3 is 2.91 bits per heavy atom. The minimum Gasteiger partial charge on any atom is -0.360 e. The number of carbonyl (C=O) groups is 1. The predicted molar refractivity (Wildman–Crippen MR) is 87.8 cm³/mol. The van der Waals surface area contributed by atoms with Crippen LogP contribution in [0.25, 0.3) is 10.9 Å². The molecule has 1 amide bonds. The van der Waals surface area contributed by atoms with Gasteiger partial charge < -0.3 is 9.84 Å². The molecule has 1 aliphatic rings. The van der Waals surface area contributed by atoms with Gasteiger partial charge in [0.1, 0.15) is 11.6 Å². The number of nitrogens with one attached hydrogen (secondary N) is 1. The van der Waals surface area contributed by atoms with Crippen molar-refractivity contribution in [2.24, 2.45) is 0 Å². The lowest BCUT2D eigenvalue weighted by Gasteiger charge is -2.21. The standard InChI is InChI=1S/C17H14ClN3O2/c18-12-5-2-6-13-11(12)7-8-16(19-13)20-17(22)14-9-15(23-21-14)10-3-1-4-10/h2,5-10H,1,3-4H2,(H,19,20,22). The Balaban J connectivity index is 1.55. The lowest BCUT2D eigenvalue weighted by molar-refractivity contribution is 0.101. The number of hydrogen-bond donors (Lipinski definition) is 1. The van der Waals surface area contributed by atoms with E-state index >= 15 is 0 Å². The van der Waals surface area contributed by atoms with Crippen molar-refractivity contribution < 1.29 is 9.32 Å². The van der Waals surface area contributed by atoms with E-state index < -0.39 is 0 Å². The average Bonchev–Trinajstić information content (AvgIpc) is 2.95. The number of rotatable bonds is 3. The third kappa shape index (κ3) is 2.68. The number of nitrogens with zero attached hydrogens (tertiary/aromatic N) is 2. The average molecular weight is 328 g/mol. The zero-order valence-corrected chi connectivity index (χ0v) is 13.0. The number of benzene rings is 1. The molecule has 23 heavy (non-hydrogen) atoms. The molecule has 0 bridgehead atoms. The molecule has 0 spiro atoms. The van der Waals surface area contributed by atoms with Gasteiger partial charge in [-0.25, -0.2) is 4.98 Å². The van der Waals surface area contributed by atoms with Crippen LogP contribution in [0.15, 0.2) is 40.9 Å².